The van der Waals surface area contributed by atoms with Crippen LogP contribution in [0.4, 0.5) is 0 Å². The molecule has 1 atom stereocenters. The molecule has 2 heterocycles. The molecule has 4 amide bonds. The zero-order chi connectivity index (χ0) is 17.7. The molecule has 1 saturated heterocycles. The molecule has 0 saturated carbocycles. The lowest BCUT2D eigenvalue weighted by Gasteiger charge is -2.16. The Morgan fingerprint density at radius 1 is 1.29 bits per heavy atom. The molecule has 2 N–H and O–H groups in total. The molecule has 0 spiro atoms. The van der Waals surface area contributed by atoms with E-state index in [0.29, 0.717) is 24.4 Å². The summed E-state index contributed by atoms with van der Waals surface area (Å²) in [7, 11) is 0. The van der Waals surface area contributed by atoms with Crippen LogP contribution in [0.5, 0.6) is 0 Å². The molecular formula is C15H18BrN3O4S. The van der Waals surface area contributed by atoms with Gasteiger partial charge in [0.05, 0.1) is 8.66 Å². The van der Waals surface area contributed by atoms with Gasteiger partial charge in [-0.25, -0.2) is 0 Å². The Hall–Kier alpha value is -1.74. The topological polar surface area (TPSA) is 95.6 Å². The predicted molar refractivity (Wildman–Crippen MR) is 92.5 cm³/mol. The predicted octanol–water partition coefficient (Wildman–Crippen LogP) is 1.28. The normalized spacial score (nSPS) is 15.5. The molecule has 1 aliphatic rings. The van der Waals surface area contributed by atoms with E-state index in [2.05, 4.69) is 26.6 Å². The number of thiophene rings is 1. The number of carbonyl (C=O) groups is 4. The lowest BCUT2D eigenvalue weighted by Crippen LogP contribution is -2.45. The van der Waals surface area contributed by atoms with E-state index in [1.807, 2.05) is 0 Å². The van der Waals surface area contributed by atoms with E-state index in [9.17, 15) is 19.2 Å². The fourth-order valence-corrected chi connectivity index (χ4v) is 3.53. The van der Waals surface area contributed by atoms with Crippen molar-refractivity contribution in [3.63, 3.8) is 0 Å². The van der Waals surface area contributed by atoms with Crippen LogP contribution in [-0.2, 0) is 14.4 Å². The van der Waals surface area contributed by atoms with Crippen LogP contribution in [-0.4, -0.2) is 47.7 Å². The number of likely N-dealkylation sites (tertiary alicyclic amines) is 1. The first-order chi connectivity index (χ1) is 11.4. The Morgan fingerprint density at radius 3 is 2.54 bits per heavy atom. The number of halogens is 1. The van der Waals surface area contributed by atoms with Gasteiger partial charge in [-0.3, -0.25) is 24.1 Å². The molecule has 130 valence electrons. The highest BCUT2D eigenvalue weighted by atomic mass is 79.9. The Labute approximate surface area is 151 Å². The fourth-order valence-electron chi connectivity index (χ4n) is 2.24. The summed E-state index contributed by atoms with van der Waals surface area (Å²) >= 11 is 4.57. The summed E-state index contributed by atoms with van der Waals surface area (Å²) in [6.07, 6.45) is 1.03. The SMILES string of the molecule is CC(NC(=O)c1ccc(Br)s1)C(=O)NCCCN1C(=O)CCC1=O. The van der Waals surface area contributed by atoms with Crippen LogP contribution < -0.4 is 10.6 Å². The average Bonchev–Trinajstić information content (AvgIpc) is 3.10. The van der Waals surface area contributed by atoms with Gasteiger partial charge in [-0.1, -0.05) is 0 Å². The van der Waals surface area contributed by atoms with Crippen LogP contribution in [0, 0.1) is 0 Å². The van der Waals surface area contributed by atoms with Crippen molar-refractivity contribution in [3.8, 4) is 0 Å². The lowest BCUT2D eigenvalue weighted by molar-refractivity contribution is -0.138. The minimum Gasteiger partial charge on any atom is -0.354 e. The van der Waals surface area contributed by atoms with E-state index < -0.39 is 6.04 Å². The van der Waals surface area contributed by atoms with Gasteiger partial charge in [0.25, 0.3) is 5.91 Å². The summed E-state index contributed by atoms with van der Waals surface area (Å²) in [4.78, 5) is 48.6. The van der Waals surface area contributed by atoms with E-state index in [1.54, 1.807) is 19.1 Å². The number of amides is 4. The third kappa shape index (κ3) is 4.88. The summed E-state index contributed by atoms with van der Waals surface area (Å²) in [5.41, 5.74) is 0. The van der Waals surface area contributed by atoms with E-state index in [4.69, 9.17) is 0 Å². The summed E-state index contributed by atoms with van der Waals surface area (Å²) in [5.74, 6) is -0.928. The lowest BCUT2D eigenvalue weighted by atomic mass is 10.3. The van der Waals surface area contributed by atoms with Gasteiger partial charge in [0.2, 0.25) is 17.7 Å². The highest BCUT2D eigenvalue weighted by molar-refractivity contribution is 9.11. The fraction of sp³-hybridized carbons (Fsp3) is 0.467. The van der Waals surface area contributed by atoms with Crippen LogP contribution in [0.2, 0.25) is 0 Å². The van der Waals surface area contributed by atoms with Gasteiger partial charge in [0, 0.05) is 25.9 Å². The first kappa shape index (κ1) is 18.6. The summed E-state index contributed by atoms with van der Waals surface area (Å²) in [6.45, 7) is 2.24. The summed E-state index contributed by atoms with van der Waals surface area (Å²) < 4.78 is 0.843. The van der Waals surface area contributed by atoms with Crippen molar-refractivity contribution in [2.75, 3.05) is 13.1 Å². The van der Waals surface area contributed by atoms with E-state index >= 15 is 0 Å². The van der Waals surface area contributed by atoms with Crippen LogP contribution in [0.15, 0.2) is 15.9 Å². The summed E-state index contributed by atoms with van der Waals surface area (Å²) in [6, 6.07) is 2.78. The summed E-state index contributed by atoms with van der Waals surface area (Å²) in [5, 5.41) is 5.31. The Morgan fingerprint density at radius 2 is 1.96 bits per heavy atom. The quantitative estimate of drug-likeness (QED) is 0.517. The molecule has 1 unspecified atom stereocenters. The molecule has 9 heteroatoms. The molecule has 1 fully saturated rings. The molecule has 0 aromatic carbocycles. The van der Waals surface area contributed by atoms with E-state index in [1.165, 1.54) is 16.2 Å². The maximum Gasteiger partial charge on any atom is 0.262 e. The number of hydrogen-bond acceptors (Lipinski definition) is 5. The number of carbonyl (C=O) groups excluding carboxylic acids is 4. The number of rotatable bonds is 7. The second-order valence-electron chi connectivity index (χ2n) is 5.38. The average molecular weight is 416 g/mol. The maximum absolute atomic E-state index is 12.0. The van der Waals surface area contributed by atoms with Crippen LogP contribution in [0.1, 0.15) is 35.9 Å². The van der Waals surface area contributed by atoms with Gasteiger partial charge < -0.3 is 10.6 Å². The molecule has 24 heavy (non-hydrogen) atoms. The first-order valence-electron chi connectivity index (χ1n) is 7.55. The molecule has 0 radical (unpaired) electrons. The molecule has 0 aliphatic carbocycles. The van der Waals surface area contributed by atoms with Gasteiger partial charge in [-0.05, 0) is 41.4 Å². The largest absolute Gasteiger partial charge is 0.354 e. The minimum absolute atomic E-state index is 0.158. The minimum atomic E-state index is -0.673. The van der Waals surface area contributed by atoms with Gasteiger partial charge in [-0.15, -0.1) is 11.3 Å². The first-order valence-corrected chi connectivity index (χ1v) is 9.16. The molecular weight excluding hydrogens is 398 g/mol. The Kier molecular flexibility index (Phi) is 6.50. The Balaban J connectivity index is 1.69. The molecule has 2 rings (SSSR count). The molecule has 1 aromatic heterocycles. The van der Waals surface area contributed by atoms with Crippen LogP contribution >= 0.6 is 27.3 Å². The van der Waals surface area contributed by atoms with Crippen molar-refractivity contribution in [1.82, 2.24) is 15.5 Å². The number of hydrogen-bond donors (Lipinski definition) is 2. The molecule has 0 bridgehead atoms. The standard InChI is InChI=1S/C15H18BrN3O4S/c1-9(18-15(23)10-3-4-11(16)24-10)14(22)17-7-2-8-19-12(20)5-6-13(19)21/h3-4,9H,2,5-8H2,1H3,(H,17,22)(H,18,23). The van der Waals surface area contributed by atoms with E-state index in [-0.39, 0.29) is 36.5 Å². The number of imide groups is 1. The number of nitrogens with one attached hydrogen (secondary N) is 2. The zero-order valence-corrected chi connectivity index (χ0v) is 15.5. The van der Waals surface area contributed by atoms with Crippen molar-refractivity contribution in [2.45, 2.75) is 32.2 Å². The van der Waals surface area contributed by atoms with Gasteiger partial charge >= 0.3 is 0 Å². The van der Waals surface area contributed by atoms with E-state index in [0.717, 1.165) is 3.79 Å². The monoisotopic (exact) mass is 415 g/mol. The number of nitrogens with zero attached hydrogens (tertiary/aromatic N) is 1. The Bertz CT molecular complexity index is 645. The van der Waals surface area contributed by atoms with Crippen molar-refractivity contribution in [1.29, 1.82) is 0 Å². The van der Waals surface area contributed by atoms with Crippen molar-refractivity contribution < 1.29 is 19.2 Å². The van der Waals surface area contributed by atoms with Gasteiger partial charge in [-0.2, -0.15) is 0 Å². The highest BCUT2D eigenvalue weighted by Crippen LogP contribution is 2.21. The zero-order valence-electron chi connectivity index (χ0n) is 13.1. The van der Waals surface area contributed by atoms with Gasteiger partial charge in [0.15, 0.2) is 0 Å². The third-order valence-corrected chi connectivity index (χ3v) is 5.17. The van der Waals surface area contributed by atoms with Gasteiger partial charge in [0.1, 0.15) is 6.04 Å². The maximum atomic E-state index is 12.0. The van der Waals surface area contributed by atoms with Crippen molar-refractivity contribution >= 4 is 50.9 Å². The third-order valence-electron chi connectivity index (χ3n) is 3.55. The second kappa shape index (κ2) is 8.39. The molecule has 7 nitrogen and oxygen atoms in total. The smallest absolute Gasteiger partial charge is 0.262 e. The highest BCUT2D eigenvalue weighted by Gasteiger charge is 2.28. The second-order valence-corrected chi connectivity index (χ2v) is 7.85. The van der Waals surface area contributed by atoms with Crippen LogP contribution in [0.25, 0.3) is 0 Å². The van der Waals surface area contributed by atoms with Crippen LogP contribution in [0.3, 0.4) is 0 Å². The van der Waals surface area contributed by atoms with Crippen molar-refractivity contribution in [2.24, 2.45) is 0 Å². The molecule has 1 aliphatic heterocycles. The van der Waals surface area contributed by atoms with Crippen molar-refractivity contribution in [3.05, 3.63) is 20.8 Å². The molecule has 1 aromatic rings.